The average molecular weight is 579 g/mol. The first-order valence-corrected chi connectivity index (χ1v) is 14.8. The zero-order chi connectivity index (χ0) is 28.8. The number of para-hydroxylation sites is 1. The maximum absolute atomic E-state index is 15.3. The van der Waals surface area contributed by atoms with Gasteiger partial charge >= 0.3 is 0 Å². The number of nitriles is 1. The third-order valence-corrected chi connectivity index (χ3v) is 10.2. The molecular formula is C34H24ClFN2O2S. The van der Waals surface area contributed by atoms with Gasteiger partial charge in [0.2, 0.25) is 10.0 Å². The number of hydrogen-bond donors (Lipinski definition) is 0. The molecule has 5 aromatic rings. The molecular weight excluding hydrogens is 555 g/mol. The van der Waals surface area contributed by atoms with Crippen LogP contribution in [0.25, 0.3) is 38.9 Å². The number of allylic oxidation sites excluding steroid dienone is 3. The van der Waals surface area contributed by atoms with Gasteiger partial charge in [-0.25, -0.2) is 16.8 Å². The van der Waals surface area contributed by atoms with Crippen LogP contribution in [0.4, 0.5) is 4.39 Å². The lowest BCUT2D eigenvalue weighted by Gasteiger charge is -2.31. The van der Waals surface area contributed by atoms with E-state index in [1.807, 2.05) is 66.7 Å². The van der Waals surface area contributed by atoms with Crippen molar-refractivity contribution in [3.63, 3.8) is 0 Å². The summed E-state index contributed by atoms with van der Waals surface area (Å²) in [6, 6.07) is 33.1. The van der Waals surface area contributed by atoms with Gasteiger partial charge in [-0.3, -0.25) is 0 Å². The summed E-state index contributed by atoms with van der Waals surface area (Å²) in [5.41, 5.74) is 4.63. The van der Waals surface area contributed by atoms with Crippen LogP contribution in [0.5, 0.6) is 0 Å². The van der Waals surface area contributed by atoms with Gasteiger partial charge in [-0.05, 0) is 78.1 Å². The Bertz CT molecular complexity index is 2050. The predicted octanol–water partition coefficient (Wildman–Crippen LogP) is 8.78. The molecule has 1 unspecified atom stereocenters. The van der Waals surface area contributed by atoms with E-state index in [1.165, 1.54) is 23.0 Å². The highest BCUT2D eigenvalue weighted by Crippen LogP contribution is 2.43. The Labute approximate surface area is 243 Å². The van der Waals surface area contributed by atoms with E-state index in [9.17, 15) is 13.7 Å². The van der Waals surface area contributed by atoms with Crippen molar-refractivity contribution < 1.29 is 12.8 Å². The molecule has 7 heteroatoms. The molecule has 0 spiro atoms. The van der Waals surface area contributed by atoms with Crippen LogP contribution in [0.2, 0.25) is 5.02 Å². The van der Waals surface area contributed by atoms with Crippen LogP contribution < -0.4 is 0 Å². The Kier molecular flexibility index (Phi) is 6.65. The predicted molar refractivity (Wildman–Crippen MR) is 163 cm³/mol. The van der Waals surface area contributed by atoms with E-state index in [-0.39, 0.29) is 6.42 Å². The van der Waals surface area contributed by atoms with Crippen LogP contribution in [0.1, 0.15) is 24.5 Å². The quantitative estimate of drug-likeness (QED) is 0.209. The Hall–Kier alpha value is -4.44. The van der Waals surface area contributed by atoms with E-state index in [0.717, 1.165) is 16.5 Å². The van der Waals surface area contributed by atoms with Gasteiger partial charge in [0.05, 0.1) is 22.8 Å². The first kappa shape index (κ1) is 26.8. The van der Waals surface area contributed by atoms with Gasteiger partial charge in [-0.15, -0.1) is 0 Å². The molecule has 0 amide bonds. The molecule has 0 fully saturated rings. The molecule has 41 heavy (non-hydrogen) atoms. The van der Waals surface area contributed by atoms with Crippen LogP contribution in [0.3, 0.4) is 0 Å². The van der Waals surface area contributed by atoms with Crippen LogP contribution in [-0.2, 0) is 10.0 Å². The average Bonchev–Trinajstić information content (AvgIpc) is 3.37. The molecule has 0 bridgehead atoms. The van der Waals surface area contributed by atoms with Crippen molar-refractivity contribution in [2.45, 2.75) is 18.1 Å². The van der Waals surface area contributed by atoms with Crippen LogP contribution in [0, 0.1) is 11.3 Å². The third-order valence-electron chi connectivity index (χ3n) is 7.53. The molecule has 0 radical (unpaired) electrons. The van der Waals surface area contributed by atoms with E-state index in [2.05, 4.69) is 6.07 Å². The number of benzene rings is 4. The minimum absolute atomic E-state index is 0.00689. The maximum atomic E-state index is 15.3. The van der Waals surface area contributed by atoms with E-state index in [4.69, 9.17) is 11.6 Å². The number of hydrogen-bond acceptors (Lipinski definition) is 3. The van der Waals surface area contributed by atoms with Gasteiger partial charge < -0.3 is 0 Å². The minimum Gasteiger partial charge on any atom is -0.236 e. The standard InChI is InChI=1S/C34H24ClFN2O2S/c1-34(20-27(18-28(36)21-34)29-13-4-2-10-26(29)22-37)41(39,40)38-32-16-7-3-9-25(32)19-33(38)24-12-8-11-23(17-24)30-14-5-6-15-31(30)35/h2-19,21H,20H2,1H3. The molecule has 1 aliphatic carbocycles. The van der Waals surface area contributed by atoms with E-state index in [0.29, 0.717) is 38.5 Å². The number of rotatable bonds is 5. The lowest BCUT2D eigenvalue weighted by molar-refractivity contribution is 0.548. The Balaban J connectivity index is 1.53. The van der Waals surface area contributed by atoms with Gasteiger partial charge in [0.25, 0.3) is 0 Å². The lowest BCUT2D eigenvalue weighted by atomic mass is 9.88. The summed E-state index contributed by atoms with van der Waals surface area (Å²) in [5.74, 6) is -0.663. The summed E-state index contributed by atoms with van der Waals surface area (Å²) in [7, 11) is -4.25. The molecule has 6 rings (SSSR count). The van der Waals surface area contributed by atoms with E-state index >= 15 is 4.39 Å². The van der Waals surface area contributed by atoms with Gasteiger partial charge in [0.15, 0.2) is 0 Å². The first-order chi connectivity index (χ1) is 19.7. The second-order valence-corrected chi connectivity index (χ2v) is 12.9. The highest BCUT2D eigenvalue weighted by Gasteiger charge is 2.43. The Morgan fingerprint density at radius 3 is 2.34 bits per heavy atom. The summed E-state index contributed by atoms with van der Waals surface area (Å²) >= 11 is 6.48. The molecule has 0 saturated heterocycles. The zero-order valence-corrected chi connectivity index (χ0v) is 23.6. The van der Waals surface area contributed by atoms with Crippen LogP contribution in [-0.4, -0.2) is 17.1 Å². The fourth-order valence-electron chi connectivity index (χ4n) is 5.52. The van der Waals surface area contributed by atoms with Gasteiger partial charge in [0.1, 0.15) is 10.6 Å². The Morgan fingerprint density at radius 1 is 0.878 bits per heavy atom. The SMILES string of the molecule is CC1(S(=O)(=O)n2c(-c3cccc(-c4ccccc4Cl)c3)cc3ccccc32)C=C(F)C=C(c2ccccc2C#N)C1. The fourth-order valence-corrected chi connectivity index (χ4v) is 7.62. The second-order valence-electron chi connectivity index (χ2n) is 10.3. The monoisotopic (exact) mass is 578 g/mol. The molecule has 202 valence electrons. The van der Waals surface area contributed by atoms with Gasteiger partial charge in [0, 0.05) is 16.0 Å². The number of halogens is 2. The molecule has 0 N–H and O–H groups in total. The van der Waals surface area contributed by atoms with Crippen molar-refractivity contribution in [3.05, 3.63) is 137 Å². The topological polar surface area (TPSA) is 62.9 Å². The lowest BCUT2D eigenvalue weighted by Crippen LogP contribution is -2.39. The number of fused-ring (bicyclic) bond motifs is 1. The smallest absolute Gasteiger partial charge is 0.236 e. The minimum atomic E-state index is -4.25. The molecule has 4 nitrogen and oxygen atoms in total. The van der Waals surface area contributed by atoms with Crippen molar-refractivity contribution in [1.29, 1.82) is 5.26 Å². The number of nitrogens with zero attached hydrogens (tertiary/aromatic N) is 2. The summed E-state index contributed by atoms with van der Waals surface area (Å²) in [5, 5.41) is 11.0. The highest BCUT2D eigenvalue weighted by atomic mass is 35.5. The molecule has 1 aliphatic rings. The Morgan fingerprint density at radius 2 is 1.56 bits per heavy atom. The summed E-state index contributed by atoms with van der Waals surface area (Å²) < 4.78 is 44.4. The summed E-state index contributed by atoms with van der Waals surface area (Å²) in [6.45, 7) is 1.53. The molecule has 1 atom stereocenters. The van der Waals surface area contributed by atoms with Crippen molar-refractivity contribution in [3.8, 4) is 28.5 Å². The van der Waals surface area contributed by atoms with Crippen molar-refractivity contribution >= 4 is 38.1 Å². The van der Waals surface area contributed by atoms with E-state index < -0.39 is 20.6 Å². The van der Waals surface area contributed by atoms with Crippen molar-refractivity contribution in [2.75, 3.05) is 0 Å². The van der Waals surface area contributed by atoms with Gasteiger partial charge in [-0.1, -0.05) is 84.4 Å². The molecule has 1 heterocycles. The van der Waals surface area contributed by atoms with E-state index in [1.54, 1.807) is 36.4 Å². The molecule has 4 aromatic carbocycles. The molecule has 0 aliphatic heterocycles. The summed E-state index contributed by atoms with van der Waals surface area (Å²) in [4.78, 5) is 0. The normalized spacial score (nSPS) is 17.1. The van der Waals surface area contributed by atoms with Gasteiger partial charge in [-0.2, -0.15) is 5.26 Å². The summed E-state index contributed by atoms with van der Waals surface area (Å²) in [6.07, 6.45) is 2.47. The first-order valence-electron chi connectivity index (χ1n) is 13.0. The zero-order valence-electron chi connectivity index (χ0n) is 22.1. The highest BCUT2D eigenvalue weighted by molar-refractivity contribution is 7.91. The van der Waals surface area contributed by atoms with Crippen LogP contribution >= 0.6 is 11.6 Å². The molecule has 0 saturated carbocycles. The maximum Gasteiger partial charge on any atom is 0.249 e. The van der Waals surface area contributed by atoms with Crippen LogP contribution in [0.15, 0.2) is 121 Å². The number of aromatic nitrogens is 1. The van der Waals surface area contributed by atoms with Crippen molar-refractivity contribution in [2.24, 2.45) is 0 Å². The third kappa shape index (κ3) is 4.58. The second kappa shape index (κ2) is 10.2. The largest absolute Gasteiger partial charge is 0.249 e. The fraction of sp³-hybridized carbons (Fsp3) is 0.0882. The van der Waals surface area contributed by atoms with Crippen molar-refractivity contribution in [1.82, 2.24) is 3.97 Å². The molecule has 1 aromatic heterocycles.